The molecule has 0 atom stereocenters. The maximum absolute atomic E-state index is 9.41. The molecule has 3 aromatic carbocycles. The Hall–Kier alpha value is -5.61. The monoisotopic (exact) mass is 422 g/mol. The lowest BCUT2D eigenvalue weighted by Crippen LogP contribution is -2.09. The van der Waals surface area contributed by atoms with Crippen LogP contribution in [-0.4, -0.2) is 0 Å². The lowest BCUT2D eigenvalue weighted by Gasteiger charge is -2.25. The molecule has 0 aliphatic carbocycles. The van der Waals surface area contributed by atoms with Crippen LogP contribution in [0.3, 0.4) is 0 Å². The fraction of sp³-hybridized carbons (Fsp3) is 0. The third-order valence-electron chi connectivity index (χ3n) is 4.72. The lowest BCUT2D eigenvalue weighted by molar-refractivity contribution is 1.28. The molecule has 6 nitrogen and oxygen atoms in total. The van der Waals surface area contributed by atoms with E-state index in [9.17, 15) is 5.26 Å². The number of allylic oxidation sites excluding steroid dienone is 3. The highest BCUT2D eigenvalue weighted by atomic mass is 15.1. The Kier molecular flexibility index (Phi) is 6.98. The van der Waals surface area contributed by atoms with Crippen molar-refractivity contribution >= 4 is 28.7 Å². The maximum Gasteiger partial charge on any atom is 0.148 e. The quantitative estimate of drug-likeness (QED) is 0.471. The highest BCUT2D eigenvalue weighted by molar-refractivity contribution is 5.86. The van der Waals surface area contributed by atoms with Crippen LogP contribution in [0.1, 0.15) is 11.1 Å². The Morgan fingerprint density at radius 1 is 0.576 bits per heavy atom. The third kappa shape index (κ3) is 4.94. The maximum atomic E-state index is 9.41. The molecule has 0 aliphatic heterocycles. The second-order valence-electron chi connectivity index (χ2n) is 6.68. The van der Waals surface area contributed by atoms with Gasteiger partial charge in [-0.15, -0.1) is 0 Å². The molecular weight excluding hydrogens is 408 g/mol. The minimum atomic E-state index is -0.233. The Morgan fingerprint density at radius 2 is 1.09 bits per heavy atom. The van der Waals surface area contributed by atoms with Crippen LogP contribution >= 0.6 is 0 Å². The molecule has 0 unspecified atom stereocenters. The molecular formula is C27H14N6. The fourth-order valence-electron chi connectivity index (χ4n) is 3.18. The van der Waals surface area contributed by atoms with E-state index in [1.54, 1.807) is 24.3 Å². The summed E-state index contributed by atoms with van der Waals surface area (Å²) in [5, 5.41) is 45.6. The summed E-state index contributed by atoms with van der Waals surface area (Å²) in [6.45, 7) is 0. The molecule has 0 saturated carbocycles. The number of benzene rings is 3. The smallest absolute Gasteiger partial charge is 0.148 e. The van der Waals surface area contributed by atoms with E-state index in [-0.39, 0.29) is 16.7 Å². The predicted molar refractivity (Wildman–Crippen MR) is 124 cm³/mol. The first-order valence-electron chi connectivity index (χ1n) is 9.67. The summed E-state index contributed by atoms with van der Waals surface area (Å²) in [6.07, 6.45) is 1.52. The van der Waals surface area contributed by atoms with Crippen molar-refractivity contribution in [3.63, 3.8) is 0 Å². The van der Waals surface area contributed by atoms with Crippen molar-refractivity contribution in [1.29, 1.82) is 26.3 Å². The van der Waals surface area contributed by atoms with Gasteiger partial charge in [0.15, 0.2) is 0 Å². The van der Waals surface area contributed by atoms with Crippen molar-refractivity contribution in [2.45, 2.75) is 0 Å². The third-order valence-corrected chi connectivity index (χ3v) is 4.72. The zero-order valence-corrected chi connectivity index (χ0v) is 17.3. The number of nitriles is 5. The molecule has 0 amide bonds. The molecule has 0 aromatic heterocycles. The van der Waals surface area contributed by atoms with Gasteiger partial charge in [-0.3, -0.25) is 0 Å². The average Bonchev–Trinajstić information content (AvgIpc) is 2.88. The van der Waals surface area contributed by atoms with Crippen LogP contribution in [0.15, 0.2) is 90.0 Å². The summed E-state index contributed by atoms with van der Waals surface area (Å²) in [7, 11) is 0. The molecule has 33 heavy (non-hydrogen) atoms. The van der Waals surface area contributed by atoms with Crippen LogP contribution in [0.25, 0.3) is 11.6 Å². The van der Waals surface area contributed by atoms with Gasteiger partial charge in [0.05, 0.1) is 5.57 Å². The number of anilines is 3. The number of nitrogens with zero attached hydrogens (tertiary/aromatic N) is 6. The lowest BCUT2D eigenvalue weighted by atomic mass is 10.0. The molecule has 0 aliphatic rings. The molecule has 3 aromatic rings. The summed E-state index contributed by atoms with van der Waals surface area (Å²) >= 11 is 0. The number of hydrogen-bond acceptors (Lipinski definition) is 6. The zero-order chi connectivity index (χ0) is 23.6. The van der Waals surface area contributed by atoms with Crippen LogP contribution in [0, 0.1) is 56.7 Å². The Balaban J connectivity index is 2.07. The summed E-state index contributed by atoms with van der Waals surface area (Å²) in [5.41, 5.74) is 3.56. The second-order valence-corrected chi connectivity index (χ2v) is 6.68. The van der Waals surface area contributed by atoms with Crippen molar-refractivity contribution < 1.29 is 0 Å². The molecule has 0 saturated heterocycles. The zero-order valence-electron chi connectivity index (χ0n) is 17.3. The van der Waals surface area contributed by atoms with Gasteiger partial charge in [-0.05, 0) is 53.6 Å². The summed E-state index contributed by atoms with van der Waals surface area (Å²) < 4.78 is 0. The van der Waals surface area contributed by atoms with Crippen molar-refractivity contribution in [3.05, 3.63) is 101 Å². The van der Waals surface area contributed by atoms with Crippen LogP contribution in [-0.2, 0) is 0 Å². The molecule has 0 heterocycles. The van der Waals surface area contributed by atoms with Gasteiger partial charge in [0.2, 0.25) is 0 Å². The summed E-state index contributed by atoms with van der Waals surface area (Å²) in [5.74, 6) is 0. The summed E-state index contributed by atoms with van der Waals surface area (Å²) in [4.78, 5) is 2.00. The van der Waals surface area contributed by atoms with Crippen LogP contribution < -0.4 is 4.90 Å². The number of hydrogen-bond donors (Lipinski definition) is 0. The number of para-hydroxylation sites is 1. The molecule has 0 bridgehead atoms. The molecule has 152 valence electrons. The molecule has 0 fully saturated rings. The van der Waals surface area contributed by atoms with E-state index in [1.807, 2.05) is 89.8 Å². The molecule has 0 N–H and O–H groups in total. The Labute approximate surface area is 191 Å². The van der Waals surface area contributed by atoms with Crippen LogP contribution in [0.4, 0.5) is 17.1 Å². The Bertz CT molecular complexity index is 1400. The van der Waals surface area contributed by atoms with Crippen molar-refractivity contribution in [3.8, 4) is 30.3 Å². The second kappa shape index (κ2) is 10.4. The molecule has 6 heteroatoms. The van der Waals surface area contributed by atoms with E-state index < -0.39 is 0 Å². The van der Waals surface area contributed by atoms with Gasteiger partial charge in [0.1, 0.15) is 41.5 Å². The highest BCUT2D eigenvalue weighted by Gasteiger charge is 2.14. The van der Waals surface area contributed by atoms with Gasteiger partial charge < -0.3 is 4.90 Å². The van der Waals surface area contributed by atoms with E-state index in [2.05, 4.69) is 0 Å². The minimum Gasteiger partial charge on any atom is -0.311 e. The van der Waals surface area contributed by atoms with Gasteiger partial charge in [0, 0.05) is 17.1 Å². The van der Waals surface area contributed by atoms with Gasteiger partial charge in [-0.25, -0.2) is 0 Å². The molecule has 0 radical (unpaired) electrons. The van der Waals surface area contributed by atoms with E-state index in [0.717, 1.165) is 22.6 Å². The SMILES string of the molecule is N#CC(C#N)=Cc1ccc(N(c2ccccc2)c2ccc(C(C#N)=C(C#N)C#N)cc2)cc1. The van der Waals surface area contributed by atoms with E-state index in [0.29, 0.717) is 5.56 Å². The van der Waals surface area contributed by atoms with Gasteiger partial charge in [-0.2, -0.15) is 26.3 Å². The Morgan fingerprint density at radius 3 is 1.58 bits per heavy atom. The largest absolute Gasteiger partial charge is 0.311 e. The fourth-order valence-corrected chi connectivity index (χ4v) is 3.18. The van der Waals surface area contributed by atoms with Crippen molar-refractivity contribution in [2.24, 2.45) is 0 Å². The topological polar surface area (TPSA) is 122 Å². The van der Waals surface area contributed by atoms with Crippen molar-refractivity contribution in [2.75, 3.05) is 4.90 Å². The average molecular weight is 422 g/mol. The minimum absolute atomic E-state index is 0.0220. The van der Waals surface area contributed by atoms with E-state index in [1.165, 1.54) is 6.08 Å². The van der Waals surface area contributed by atoms with Crippen molar-refractivity contribution in [1.82, 2.24) is 0 Å². The standard InChI is InChI=1S/C27H14N6/c28-15-21(16-29)14-20-6-10-25(11-7-20)33(24-4-2-1-3-5-24)26-12-8-22(9-13-26)27(19-32)23(17-30)18-31/h1-14H. The van der Waals surface area contributed by atoms with Crippen LogP contribution in [0.2, 0.25) is 0 Å². The van der Waals surface area contributed by atoms with Gasteiger partial charge in [0.25, 0.3) is 0 Å². The van der Waals surface area contributed by atoms with E-state index >= 15 is 0 Å². The first-order valence-corrected chi connectivity index (χ1v) is 9.67. The van der Waals surface area contributed by atoms with E-state index in [4.69, 9.17) is 21.0 Å². The predicted octanol–water partition coefficient (Wildman–Crippen LogP) is 5.91. The van der Waals surface area contributed by atoms with Gasteiger partial charge >= 0.3 is 0 Å². The number of rotatable bonds is 5. The van der Waals surface area contributed by atoms with Crippen LogP contribution in [0.5, 0.6) is 0 Å². The highest BCUT2D eigenvalue weighted by Crippen LogP contribution is 2.35. The van der Waals surface area contributed by atoms with Gasteiger partial charge in [-0.1, -0.05) is 42.5 Å². The molecule has 0 spiro atoms. The molecule has 3 rings (SSSR count). The first-order chi connectivity index (χ1) is 16.1. The normalized spacial score (nSPS) is 9.06. The summed E-state index contributed by atoms with van der Waals surface area (Å²) in [6, 6.07) is 33.2. The first kappa shape index (κ1) is 22.1.